The highest BCUT2D eigenvalue weighted by Gasteiger charge is 2.22. The average molecular weight is 313 g/mol. The Morgan fingerprint density at radius 1 is 1.22 bits per heavy atom. The molecular formula is C16H19N5O2. The third kappa shape index (κ3) is 3.74. The fraction of sp³-hybridized carbons (Fsp3) is 0.375. The van der Waals surface area contributed by atoms with E-state index in [2.05, 4.69) is 25.2 Å². The molecule has 120 valence electrons. The second-order valence-corrected chi connectivity index (χ2v) is 5.37. The van der Waals surface area contributed by atoms with Gasteiger partial charge in [-0.15, -0.1) is 0 Å². The highest BCUT2D eigenvalue weighted by atomic mass is 16.5. The van der Waals surface area contributed by atoms with Crippen LogP contribution < -0.4 is 15.0 Å². The number of methoxy groups -OCH3 is 1. The Hall–Kier alpha value is -2.70. The van der Waals surface area contributed by atoms with Crippen LogP contribution in [0.3, 0.4) is 0 Å². The molecule has 0 atom stereocenters. The van der Waals surface area contributed by atoms with Crippen LogP contribution in [0.4, 0.5) is 5.95 Å². The molecule has 2 aromatic rings. The molecule has 1 fully saturated rings. The Morgan fingerprint density at radius 2 is 1.96 bits per heavy atom. The van der Waals surface area contributed by atoms with Crippen LogP contribution in [0.25, 0.3) is 0 Å². The van der Waals surface area contributed by atoms with E-state index in [1.54, 1.807) is 43.9 Å². The van der Waals surface area contributed by atoms with E-state index in [0.717, 1.165) is 25.9 Å². The van der Waals surface area contributed by atoms with Gasteiger partial charge in [0.15, 0.2) is 0 Å². The van der Waals surface area contributed by atoms with Crippen LogP contribution in [0.1, 0.15) is 23.2 Å². The number of rotatable bonds is 4. The quantitative estimate of drug-likeness (QED) is 0.916. The van der Waals surface area contributed by atoms with Crippen molar-refractivity contribution in [2.45, 2.75) is 18.9 Å². The van der Waals surface area contributed by atoms with Crippen LogP contribution in [0.2, 0.25) is 0 Å². The van der Waals surface area contributed by atoms with Crippen molar-refractivity contribution >= 4 is 11.9 Å². The molecule has 0 saturated carbocycles. The van der Waals surface area contributed by atoms with E-state index in [1.807, 2.05) is 0 Å². The number of hydrogen-bond acceptors (Lipinski definition) is 6. The third-order valence-electron chi connectivity index (χ3n) is 3.88. The number of piperidine rings is 1. The first kappa shape index (κ1) is 15.2. The Balaban J connectivity index is 1.55. The Morgan fingerprint density at radius 3 is 2.65 bits per heavy atom. The molecule has 2 aromatic heterocycles. The Bertz CT molecular complexity index is 657. The lowest BCUT2D eigenvalue weighted by molar-refractivity contribution is 0.0931. The molecule has 3 rings (SSSR count). The zero-order chi connectivity index (χ0) is 16.1. The van der Waals surface area contributed by atoms with Gasteiger partial charge in [-0.3, -0.25) is 9.78 Å². The number of anilines is 1. The van der Waals surface area contributed by atoms with Crippen LogP contribution in [0, 0.1) is 0 Å². The lowest BCUT2D eigenvalue weighted by Gasteiger charge is -2.32. The van der Waals surface area contributed by atoms with Gasteiger partial charge in [0.2, 0.25) is 11.8 Å². The summed E-state index contributed by atoms with van der Waals surface area (Å²) in [5, 5.41) is 3.07. The smallest absolute Gasteiger partial charge is 0.251 e. The highest BCUT2D eigenvalue weighted by molar-refractivity contribution is 5.94. The molecule has 0 radical (unpaired) electrons. The standard InChI is InChI=1S/C16H19N5O2/c1-23-14-4-9-18-16(20-14)21-10-5-13(6-11-21)19-15(22)12-2-7-17-8-3-12/h2-4,7-9,13H,5-6,10-11H2,1H3,(H,19,22). The van der Waals surface area contributed by atoms with Crippen molar-refractivity contribution in [1.29, 1.82) is 0 Å². The van der Waals surface area contributed by atoms with Crippen LogP contribution in [-0.4, -0.2) is 47.1 Å². The molecule has 1 saturated heterocycles. The van der Waals surface area contributed by atoms with Crippen LogP contribution in [0.15, 0.2) is 36.8 Å². The van der Waals surface area contributed by atoms with E-state index in [0.29, 0.717) is 17.4 Å². The van der Waals surface area contributed by atoms with Crippen molar-refractivity contribution < 1.29 is 9.53 Å². The summed E-state index contributed by atoms with van der Waals surface area (Å²) in [6.45, 7) is 1.60. The maximum atomic E-state index is 12.2. The summed E-state index contributed by atoms with van der Waals surface area (Å²) in [5.74, 6) is 1.18. The average Bonchev–Trinajstić information content (AvgIpc) is 2.63. The fourth-order valence-electron chi connectivity index (χ4n) is 2.59. The Kier molecular flexibility index (Phi) is 4.65. The van der Waals surface area contributed by atoms with E-state index in [4.69, 9.17) is 4.74 Å². The first-order chi connectivity index (χ1) is 11.3. The van der Waals surface area contributed by atoms with Gasteiger partial charge in [0, 0.05) is 49.4 Å². The van der Waals surface area contributed by atoms with Gasteiger partial charge in [0.1, 0.15) is 0 Å². The summed E-state index contributed by atoms with van der Waals surface area (Å²) >= 11 is 0. The van der Waals surface area contributed by atoms with E-state index in [1.165, 1.54) is 0 Å². The van der Waals surface area contributed by atoms with Crippen LogP contribution in [-0.2, 0) is 0 Å². The van der Waals surface area contributed by atoms with Crippen molar-refractivity contribution in [2.75, 3.05) is 25.1 Å². The molecule has 1 aliphatic rings. The number of pyridine rings is 1. The molecule has 0 spiro atoms. The van der Waals surface area contributed by atoms with Gasteiger partial charge in [0.05, 0.1) is 7.11 Å². The summed E-state index contributed by atoms with van der Waals surface area (Å²) in [6.07, 6.45) is 6.66. The lowest BCUT2D eigenvalue weighted by Crippen LogP contribution is -2.45. The van der Waals surface area contributed by atoms with Gasteiger partial charge in [-0.1, -0.05) is 0 Å². The lowest BCUT2D eigenvalue weighted by atomic mass is 10.0. The molecule has 0 aromatic carbocycles. The van der Waals surface area contributed by atoms with Crippen LogP contribution >= 0.6 is 0 Å². The SMILES string of the molecule is COc1ccnc(N2CCC(NC(=O)c3ccncc3)CC2)n1. The number of hydrogen-bond donors (Lipinski definition) is 1. The predicted molar refractivity (Wildman–Crippen MR) is 85.5 cm³/mol. The first-order valence-corrected chi connectivity index (χ1v) is 7.59. The van der Waals surface area contributed by atoms with E-state index in [-0.39, 0.29) is 11.9 Å². The predicted octanol–water partition coefficient (Wildman–Crippen LogP) is 1.28. The fourth-order valence-corrected chi connectivity index (χ4v) is 2.59. The molecule has 0 bridgehead atoms. The number of nitrogens with zero attached hydrogens (tertiary/aromatic N) is 4. The number of nitrogens with one attached hydrogen (secondary N) is 1. The van der Waals surface area contributed by atoms with Gasteiger partial charge >= 0.3 is 0 Å². The minimum atomic E-state index is -0.0523. The maximum absolute atomic E-state index is 12.2. The van der Waals surface area contributed by atoms with E-state index in [9.17, 15) is 4.79 Å². The number of aromatic nitrogens is 3. The topological polar surface area (TPSA) is 80.2 Å². The van der Waals surface area contributed by atoms with E-state index >= 15 is 0 Å². The van der Waals surface area contributed by atoms with Crippen molar-refractivity contribution in [1.82, 2.24) is 20.3 Å². The van der Waals surface area contributed by atoms with Gasteiger partial charge in [-0.05, 0) is 25.0 Å². The normalized spacial score (nSPS) is 15.3. The molecule has 0 unspecified atom stereocenters. The highest BCUT2D eigenvalue weighted by Crippen LogP contribution is 2.18. The molecule has 7 nitrogen and oxygen atoms in total. The largest absolute Gasteiger partial charge is 0.481 e. The molecule has 1 amide bonds. The van der Waals surface area contributed by atoms with Gasteiger partial charge < -0.3 is 15.0 Å². The summed E-state index contributed by atoms with van der Waals surface area (Å²) in [5.41, 5.74) is 0.638. The third-order valence-corrected chi connectivity index (χ3v) is 3.88. The zero-order valence-corrected chi connectivity index (χ0v) is 13.0. The molecule has 3 heterocycles. The molecule has 1 aliphatic heterocycles. The summed E-state index contributed by atoms with van der Waals surface area (Å²) < 4.78 is 5.13. The van der Waals surface area contributed by atoms with Gasteiger partial charge in [-0.2, -0.15) is 4.98 Å². The van der Waals surface area contributed by atoms with Crippen molar-refractivity contribution in [3.05, 3.63) is 42.4 Å². The van der Waals surface area contributed by atoms with Crippen LogP contribution in [0.5, 0.6) is 5.88 Å². The first-order valence-electron chi connectivity index (χ1n) is 7.59. The van der Waals surface area contributed by atoms with Crippen molar-refractivity contribution in [2.24, 2.45) is 0 Å². The van der Waals surface area contributed by atoms with Crippen molar-refractivity contribution in [3.8, 4) is 5.88 Å². The summed E-state index contributed by atoms with van der Waals surface area (Å²) in [6, 6.07) is 5.33. The minimum absolute atomic E-state index is 0.0523. The zero-order valence-electron chi connectivity index (χ0n) is 13.0. The van der Waals surface area contributed by atoms with E-state index < -0.39 is 0 Å². The minimum Gasteiger partial charge on any atom is -0.481 e. The number of carbonyl (C=O) groups is 1. The number of ether oxygens (including phenoxy) is 1. The molecule has 0 aliphatic carbocycles. The second-order valence-electron chi connectivity index (χ2n) is 5.37. The monoisotopic (exact) mass is 313 g/mol. The summed E-state index contributed by atoms with van der Waals surface area (Å²) in [4.78, 5) is 26.8. The van der Waals surface area contributed by atoms with Gasteiger partial charge in [0.25, 0.3) is 5.91 Å². The molecule has 1 N–H and O–H groups in total. The summed E-state index contributed by atoms with van der Waals surface area (Å²) in [7, 11) is 1.59. The second kappa shape index (κ2) is 7.04. The Labute approximate surface area is 134 Å². The maximum Gasteiger partial charge on any atom is 0.251 e. The van der Waals surface area contributed by atoms with Gasteiger partial charge in [-0.25, -0.2) is 4.98 Å². The molecular weight excluding hydrogens is 294 g/mol. The molecule has 7 heteroatoms. The number of amides is 1. The number of carbonyl (C=O) groups excluding carboxylic acids is 1. The van der Waals surface area contributed by atoms with Crippen molar-refractivity contribution in [3.63, 3.8) is 0 Å². The molecule has 23 heavy (non-hydrogen) atoms.